The molecule has 0 aliphatic carbocycles. The Kier molecular flexibility index (Phi) is 8.18. The van der Waals surface area contributed by atoms with Crippen molar-refractivity contribution in [2.45, 2.75) is 6.10 Å². The van der Waals surface area contributed by atoms with Crippen LogP contribution in [-0.2, 0) is 14.3 Å². The van der Waals surface area contributed by atoms with Gasteiger partial charge in [0.05, 0.1) is 31.3 Å². The molecule has 1 saturated heterocycles. The van der Waals surface area contributed by atoms with Crippen LogP contribution in [0.1, 0.15) is 11.7 Å². The van der Waals surface area contributed by atoms with E-state index in [-0.39, 0.29) is 54.6 Å². The van der Waals surface area contributed by atoms with Crippen LogP contribution >= 0.6 is 35.6 Å². The zero-order valence-electron chi connectivity index (χ0n) is 12.6. The first-order valence-electron chi connectivity index (χ1n) is 6.93. The van der Waals surface area contributed by atoms with Gasteiger partial charge in [0.15, 0.2) is 0 Å². The summed E-state index contributed by atoms with van der Waals surface area (Å²) in [6, 6.07) is 2.51. The molecule has 0 radical (unpaired) electrons. The number of morpholine rings is 1. The van der Waals surface area contributed by atoms with E-state index in [0.29, 0.717) is 12.1 Å². The molecule has 1 heterocycles. The molecule has 1 fully saturated rings. The molecule has 1 aromatic carbocycles. The summed E-state index contributed by atoms with van der Waals surface area (Å²) in [7, 11) is 0. The van der Waals surface area contributed by atoms with Crippen LogP contribution in [-0.4, -0.2) is 49.5 Å². The van der Waals surface area contributed by atoms with Crippen molar-refractivity contribution >= 4 is 47.4 Å². The van der Waals surface area contributed by atoms with E-state index in [2.05, 4.69) is 5.32 Å². The van der Waals surface area contributed by atoms with Crippen LogP contribution < -0.4 is 11.1 Å². The lowest BCUT2D eigenvalue weighted by atomic mass is 10.1. The predicted octanol–water partition coefficient (Wildman–Crippen LogP) is 1.53. The fourth-order valence-electron chi connectivity index (χ4n) is 2.21. The Balaban J connectivity index is 0.00000288. The van der Waals surface area contributed by atoms with Gasteiger partial charge in [-0.05, 0) is 12.1 Å². The first kappa shape index (κ1) is 20.9. The molecule has 1 aliphatic rings. The number of hydrogen-bond acceptors (Lipinski definition) is 4. The minimum atomic E-state index is -0.603. The average molecular weight is 401 g/mol. The van der Waals surface area contributed by atoms with Gasteiger partial charge in [0.1, 0.15) is 11.9 Å². The first-order valence-corrected chi connectivity index (χ1v) is 7.68. The molecule has 6 nitrogen and oxygen atoms in total. The second kappa shape index (κ2) is 9.39. The van der Waals surface area contributed by atoms with Gasteiger partial charge < -0.3 is 20.7 Å². The van der Waals surface area contributed by atoms with E-state index in [4.69, 9.17) is 33.7 Å². The smallest absolute Gasteiger partial charge is 0.242 e. The molecular weight excluding hydrogens is 384 g/mol. The maximum Gasteiger partial charge on any atom is 0.242 e. The molecule has 10 heteroatoms. The van der Waals surface area contributed by atoms with Gasteiger partial charge in [-0.2, -0.15) is 0 Å². The molecule has 0 saturated carbocycles. The van der Waals surface area contributed by atoms with Gasteiger partial charge in [-0.3, -0.25) is 9.59 Å². The van der Waals surface area contributed by atoms with Gasteiger partial charge >= 0.3 is 0 Å². The third-order valence-corrected chi connectivity index (χ3v) is 4.04. The number of nitrogens with zero attached hydrogens (tertiary/aromatic N) is 1. The molecule has 1 atom stereocenters. The molecule has 1 aliphatic heterocycles. The summed E-state index contributed by atoms with van der Waals surface area (Å²) in [6.45, 7) is 0.533. The van der Waals surface area contributed by atoms with Crippen LogP contribution in [0.4, 0.5) is 4.39 Å². The number of nitrogens with one attached hydrogen (secondary N) is 1. The predicted molar refractivity (Wildman–Crippen MR) is 91.0 cm³/mol. The monoisotopic (exact) mass is 399 g/mol. The Morgan fingerprint density at radius 1 is 1.38 bits per heavy atom. The minimum Gasteiger partial charge on any atom is -0.370 e. The lowest BCUT2D eigenvalue weighted by Gasteiger charge is -2.33. The second-order valence-electron chi connectivity index (χ2n) is 4.97. The van der Waals surface area contributed by atoms with Crippen molar-refractivity contribution in [1.82, 2.24) is 10.2 Å². The van der Waals surface area contributed by atoms with Crippen molar-refractivity contribution in [2.24, 2.45) is 5.73 Å². The first-order chi connectivity index (χ1) is 10.9. The lowest BCUT2D eigenvalue weighted by molar-refractivity contribution is -0.139. The number of rotatable bonds is 4. The van der Waals surface area contributed by atoms with Crippen LogP contribution in [0, 0.1) is 5.82 Å². The Morgan fingerprint density at radius 2 is 2.08 bits per heavy atom. The normalized spacial score (nSPS) is 17.2. The fourth-order valence-corrected chi connectivity index (χ4v) is 2.71. The molecule has 0 aromatic heterocycles. The van der Waals surface area contributed by atoms with Gasteiger partial charge in [0.2, 0.25) is 11.8 Å². The van der Waals surface area contributed by atoms with E-state index < -0.39 is 17.8 Å². The topological polar surface area (TPSA) is 84.7 Å². The number of amides is 2. The quantitative estimate of drug-likeness (QED) is 0.751. The van der Waals surface area contributed by atoms with Crippen molar-refractivity contribution in [2.75, 3.05) is 32.8 Å². The molecule has 134 valence electrons. The Hall–Kier alpha value is -1.12. The highest BCUT2D eigenvalue weighted by atomic mass is 35.5. The van der Waals surface area contributed by atoms with Gasteiger partial charge in [-0.15, -0.1) is 12.4 Å². The molecule has 2 amide bonds. The van der Waals surface area contributed by atoms with Crippen LogP contribution in [0.25, 0.3) is 0 Å². The maximum atomic E-state index is 13.6. The molecule has 1 unspecified atom stereocenters. The standard InChI is InChI=1S/C14H16Cl2FN3O3.ClH/c15-9-4-10(16)11(17)3-8(9)12-7-20(1-2-23-12)14(22)6-19-13(21)5-18;/h3-4,12H,1-2,5-7,18H2,(H,19,21);1H. The van der Waals surface area contributed by atoms with E-state index in [1.165, 1.54) is 17.0 Å². The van der Waals surface area contributed by atoms with E-state index in [1.807, 2.05) is 0 Å². The Morgan fingerprint density at radius 3 is 2.75 bits per heavy atom. The van der Waals surface area contributed by atoms with E-state index in [9.17, 15) is 14.0 Å². The lowest BCUT2D eigenvalue weighted by Crippen LogP contribution is -2.47. The van der Waals surface area contributed by atoms with Crippen LogP contribution in [0.2, 0.25) is 10.0 Å². The van der Waals surface area contributed by atoms with Crippen molar-refractivity contribution in [3.63, 3.8) is 0 Å². The van der Waals surface area contributed by atoms with Gasteiger partial charge in [0, 0.05) is 17.1 Å². The number of ether oxygens (including phenoxy) is 1. The highest BCUT2D eigenvalue weighted by molar-refractivity contribution is 6.35. The summed E-state index contributed by atoms with van der Waals surface area (Å²) in [5, 5.41) is 2.61. The summed E-state index contributed by atoms with van der Waals surface area (Å²) in [5.74, 6) is -1.29. The SMILES string of the molecule is Cl.NCC(=O)NCC(=O)N1CCOC(c2cc(F)c(Cl)cc2Cl)C1. The summed E-state index contributed by atoms with van der Waals surface area (Å²) < 4.78 is 19.2. The van der Waals surface area contributed by atoms with Gasteiger partial charge in [-0.1, -0.05) is 23.2 Å². The zero-order chi connectivity index (χ0) is 17.0. The molecule has 0 bridgehead atoms. The number of hydrogen-bond donors (Lipinski definition) is 2. The summed E-state index contributed by atoms with van der Waals surface area (Å²) in [4.78, 5) is 24.7. The summed E-state index contributed by atoms with van der Waals surface area (Å²) >= 11 is 11.8. The molecular formula is C14H17Cl3FN3O3. The minimum absolute atomic E-state index is 0. The van der Waals surface area contributed by atoms with Crippen molar-refractivity contribution < 1.29 is 18.7 Å². The van der Waals surface area contributed by atoms with Gasteiger partial charge in [0.25, 0.3) is 0 Å². The Bertz CT molecular complexity index is 618. The van der Waals surface area contributed by atoms with E-state index in [0.717, 1.165) is 0 Å². The summed E-state index contributed by atoms with van der Waals surface area (Å²) in [6.07, 6.45) is -0.558. The third-order valence-electron chi connectivity index (χ3n) is 3.43. The molecule has 3 N–H and O–H groups in total. The molecule has 2 rings (SSSR count). The van der Waals surface area contributed by atoms with Crippen LogP contribution in [0.15, 0.2) is 12.1 Å². The number of carbonyl (C=O) groups excluding carboxylic acids is 2. The number of carbonyl (C=O) groups is 2. The number of halogens is 4. The van der Waals surface area contributed by atoms with Crippen molar-refractivity contribution in [1.29, 1.82) is 0 Å². The zero-order valence-corrected chi connectivity index (χ0v) is 14.9. The third kappa shape index (κ3) is 5.19. The maximum absolute atomic E-state index is 13.6. The van der Waals surface area contributed by atoms with Crippen molar-refractivity contribution in [3.05, 3.63) is 33.6 Å². The van der Waals surface area contributed by atoms with Gasteiger partial charge in [-0.25, -0.2) is 4.39 Å². The number of nitrogens with two attached hydrogens (primary N) is 1. The van der Waals surface area contributed by atoms with Crippen LogP contribution in [0.3, 0.4) is 0 Å². The van der Waals surface area contributed by atoms with E-state index in [1.54, 1.807) is 0 Å². The van der Waals surface area contributed by atoms with E-state index >= 15 is 0 Å². The van der Waals surface area contributed by atoms with Crippen molar-refractivity contribution in [3.8, 4) is 0 Å². The summed E-state index contributed by atoms with van der Waals surface area (Å²) in [5.41, 5.74) is 5.59. The van der Waals surface area contributed by atoms with Crippen LogP contribution in [0.5, 0.6) is 0 Å². The highest BCUT2D eigenvalue weighted by Gasteiger charge is 2.27. The molecule has 0 spiro atoms. The average Bonchev–Trinajstić information content (AvgIpc) is 2.55. The molecule has 1 aromatic rings. The highest BCUT2D eigenvalue weighted by Crippen LogP contribution is 2.32. The molecule has 24 heavy (non-hydrogen) atoms. The fraction of sp³-hybridized carbons (Fsp3) is 0.429. The Labute approximate surface area is 154 Å². The number of benzene rings is 1. The largest absolute Gasteiger partial charge is 0.370 e. The second-order valence-corrected chi connectivity index (χ2v) is 5.78.